The van der Waals surface area contributed by atoms with Crippen molar-refractivity contribution in [1.29, 1.82) is 0 Å². The number of nitrogens with one attached hydrogen (secondary N) is 1. The number of aliphatic hydroxyl groups is 1. The first-order valence-electron chi connectivity index (χ1n) is 16.8. The maximum atomic E-state index is 13.1. The zero-order chi connectivity index (χ0) is 36.8. The fraction of sp³-hybridized carbons (Fsp3) is 0.308. The van der Waals surface area contributed by atoms with E-state index in [1.807, 2.05) is 66.7 Å². The molecule has 0 aromatic heterocycles. The fourth-order valence-corrected chi connectivity index (χ4v) is 7.31. The summed E-state index contributed by atoms with van der Waals surface area (Å²) in [5.41, 5.74) is 5.15. The van der Waals surface area contributed by atoms with Gasteiger partial charge in [0.25, 0.3) is 0 Å². The highest BCUT2D eigenvalue weighted by Gasteiger charge is 2.47. The third-order valence-electron chi connectivity index (χ3n) is 9.10. The van der Waals surface area contributed by atoms with Gasteiger partial charge in [0.1, 0.15) is 6.04 Å². The summed E-state index contributed by atoms with van der Waals surface area (Å²) < 4.78 is 52.2. The van der Waals surface area contributed by atoms with Crippen LogP contribution in [0.25, 0.3) is 11.1 Å². The summed E-state index contributed by atoms with van der Waals surface area (Å²) >= 11 is 1.56. The molecule has 52 heavy (non-hydrogen) atoms. The average molecular weight is 735 g/mol. The minimum atomic E-state index is -5.04. The zero-order valence-corrected chi connectivity index (χ0v) is 28.7. The molecule has 0 radical (unpaired) electrons. The third kappa shape index (κ3) is 9.02. The number of aliphatic hydroxyl groups excluding tert-OH is 1. The van der Waals surface area contributed by atoms with E-state index < -0.39 is 36.3 Å². The molecule has 0 aliphatic carbocycles. The Morgan fingerprint density at radius 3 is 2.27 bits per heavy atom. The number of carbonyl (C=O) groups excluding carboxylic acids is 2. The number of aromatic carboxylic acids is 1. The van der Waals surface area contributed by atoms with Gasteiger partial charge in [0.2, 0.25) is 5.91 Å². The topological polar surface area (TPSA) is 125 Å². The SMILES string of the molecule is O=C(O)c1ccc(SCC2CC(c3ccc(CO)cc3)OC(c3cccc(-c4cccc(CNC(=O)C5CCCN5C(=O)C(F)(F)F)c4)c3)O2)cc1. The Labute approximate surface area is 302 Å². The summed E-state index contributed by atoms with van der Waals surface area (Å²) in [6.45, 7) is -0.115. The fourth-order valence-electron chi connectivity index (χ4n) is 6.38. The van der Waals surface area contributed by atoms with Crippen molar-refractivity contribution in [1.82, 2.24) is 10.2 Å². The van der Waals surface area contributed by atoms with Gasteiger partial charge in [-0.15, -0.1) is 11.8 Å². The van der Waals surface area contributed by atoms with Crippen molar-refractivity contribution in [3.8, 4) is 11.1 Å². The molecule has 0 saturated carbocycles. The number of carboxylic acids is 1. The van der Waals surface area contributed by atoms with Crippen molar-refractivity contribution in [2.75, 3.05) is 12.3 Å². The molecule has 6 rings (SSSR count). The molecule has 2 heterocycles. The smallest absolute Gasteiger partial charge is 0.471 e. The van der Waals surface area contributed by atoms with E-state index in [1.54, 1.807) is 42.1 Å². The van der Waals surface area contributed by atoms with Gasteiger partial charge >= 0.3 is 18.1 Å². The van der Waals surface area contributed by atoms with Crippen LogP contribution in [0.15, 0.2) is 102 Å². The molecule has 0 bridgehead atoms. The van der Waals surface area contributed by atoms with Crippen LogP contribution < -0.4 is 5.32 Å². The summed E-state index contributed by atoms with van der Waals surface area (Å²) in [6.07, 6.45) is -5.21. The lowest BCUT2D eigenvalue weighted by molar-refractivity contribution is -0.245. The van der Waals surface area contributed by atoms with Crippen LogP contribution in [0.4, 0.5) is 13.2 Å². The first kappa shape index (κ1) is 37.1. The molecule has 2 aliphatic heterocycles. The van der Waals surface area contributed by atoms with E-state index in [2.05, 4.69) is 5.32 Å². The van der Waals surface area contributed by atoms with E-state index >= 15 is 0 Å². The number of thioether (sulfide) groups is 1. The van der Waals surface area contributed by atoms with E-state index in [4.69, 9.17) is 9.47 Å². The Kier molecular flexibility index (Phi) is 11.6. The molecule has 2 saturated heterocycles. The largest absolute Gasteiger partial charge is 0.478 e. The molecular formula is C39H37F3N2O7S. The second-order valence-corrected chi connectivity index (χ2v) is 13.8. The van der Waals surface area contributed by atoms with Crippen molar-refractivity contribution in [2.45, 2.75) is 68.0 Å². The number of amides is 2. The van der Waals surface area contributed by atoms with Gasteiger partial charge in [0.15, 0.2) is 6.29 Å². The van der Waals surface area contributed by atoms with Gasteiger partial charge in [-0.05, 0) is 77.1 Å². The van der Waals surface area contributed by atoms with Gasteiger partial charge < -0.3 is 29.9 Å². The van der Waals surface area contributed by atoms with Crippen LogP contribution in [0.1, 0.15) is 64.3 Å². The summed E-state index contributed by atoms with van der Waals surface area (Å²) in [4.78, 5) is 37.5. The number of rotatable bonds is 11. The minimum absolute atomic E-state index is 0.0695. The predicted molar refractivity (Wildman–Crippen MR) is 187 cm³/mol. The van der Waals surface area contributed by atoms with E-state index in [9.17, 15) is 37.8 Å². The van der Waals surface area contributed by atoms with Gasteiger partial charge in [-0.2, -0.15) is 13.2 Å². The quantitative estimate of drug-likeness (QED) is 0.140. The van der Waals surface area contributed by atoms with Crippen LogP contribution in [0, 0.1) is 0 Å². The molecule has 4 unspecified atom stereocenters. The zero-order valence-electron chi connectivity index (χ0n) is 27.9. The average Bonchev–Trinajstić information content (AvgIpc) is 3.66. The molecule has 4 atom stereocenters. The van der Waals surface area contributed by atoms with E-state index in [1.165, 1.54) is 0 Å². The molecule has 4 aromatic rings. The summed E-state index contributed by atoms with van der Waals surface area (Å²) in [6, 6.07) is 28.3. The normalized spacial score (nSPS) is 20.4. The summed E-state index contributed by atoms with van der Waals surface area (Å²) in [5, 5.41) is 21.5. The van der Waals surface area contributed by atoms with Crippen LogP contribution in [0.5, 0.6) is 0 Å². The highest BCUT2D eigenvalue weighted by molar-refractivity contribution is 7.99. The number of nitrogens with zero attached hydrogens (tertiary/aromatic N) is 1. The molecule has 4 aromatic carbocycles. The highest BCUT2D eigenvalue weighted by atomic mass is 32.2. The Balaban J connectivity index is 1.16. The van der Waals surface area contributed by atoms with Crippen molar-refractivity contribution in [3.63, 3.8) is 0 Å². The second-order valence-electron chi connectivity index (χ2n) is 12.7. The van der Waals surface area contributed by atoms with Crippen LogP contribution in [-0.2, 0) is 32.2 Å². The predicted octanol–water partition coefficient (Wildman–Crippen LogP) is 7.05. The number of benzene rings is 4. The minimum Gasteiger partial charge on any atom is -0.478 e. The second kappa shape index (κ2) is 16.3. The van der Waals surface area contributed by atoms with Crippen molar-refractivity contribution in [2.24, 2.45) is 0 Å². The van der Waals surface area contributed by atoms with E-state index in [0.717, 1.165) is 38.3 Å². The van der Waals surface area contributed by atoms with Gasteiger partial charge in [-0.3, -0.25) is 9.59 Å². The standard InChI is InChI=1S/C39H37F3N2O7S/c40-39(41,42)38(49)44-17-3-8-33(44)35(46)43-21-25-4-1-5-28(18-25)29-6-2-7-30(19-29)37-50-31(23-52-32-15-13-27(14-16-32)36(47)48)20-34(51-37)26-11-9-24(22-45)10-12-26/h1-2,4-7,9-16,18-19,31,33-34,37,45H,3,8,17,20-23H2,(H,43,46)(H,47,48). The number of hydrogen-bond donors (Lipinski definition) is 3. The lowest BCUT2D eigenvalue weighted by Gasteiger charge is -2.36. The molecule has 0 spiro atoms. The Morgan fingerprint density at radius 1 is 0.865 bits per heavy atom. The van der Waals surface area contributed by atoms with Crippen molar-refractivity contribution in [3.05, 3.63) is 125 Å². The molecule has 2 amide bonds. The Morgan fingerprint density at radius 2 is 1.58 bits per heavy atom. The first-order chi connectivity index (χ1) is 25.0. The molecular weight excluding hydrogens is 697 g/mol. The van der Waals surface area contributed by atoms with Gasteiger partial charge in [-0.25, -0.2) is 4.79 Å². The first-order valence-corrected chi connectivity index (χ1v) is 17.8. The lowest BCUT2D eigenvalue weighted by atomic mass is 9.99. The number of carboxylic acid groups (broad SMARTS) is 1. The Hall–Kier alpha value is -4.69. The van der Waals surface area contributed by atoms with E-state index in [-0.39, 0.29) is 43.9 Å². The van der Waals surface area contributed by atoms with Gasteiger partial charge in [0, 0.05) is 35.7 Å². The van der Waals surface area contributed by atoms with Crippen LogP contribution >= 0.6 is 11.8 Å². The van der Waals surface area contributed by atoms with E-state index in [0.29, 0.717) is 23.5 Å². The number of hydrogen-bond acceptors (Lipinski definition) is 7. The molecule has 3 N–H and O–H groups in total. The maximum Gasteiger partial charge on any atom is 0.471 e. The molecule has 13 heteroatoms. The molecule has 2 aliphatic rings. The molecule has 272 valence electrons. The number of ether oxygens (including phenoxy) is 2. The monoisotopic (exact) mass is 734 g/mol. The number of likely N-dealkylation sites (tertiary alicyclic amines) is 1. The van der Waals surface area contributed by atoms with Crippen LogP contribution in [0.2, 0.25) is 0 Å². The number of halogens is 3. The Bertz CT molecular complexity index is 1890. The number of alkyl halides is 3. The summed E-state index contributed by atoms with van der Waals surface area (Å²) in [7, 11) is 0. The molecule has 9 nitrogen and oxygen atoms in total. The van der Waals surface area contributed by atoms with Crippen molar-refractivity contribution >= 4 is 29.5 Å². The third-order valence-corrected chi connectivity index (χ3v) is 10.2. The van der Waals surface area contributed by atoms with Gasteiger partial charge in [0.05, 0.1) is 24.4 Å². The summed E-state index contributed by atoms with van der Waals surface area (Å²) in [5.74, 6) is -3.02. The molecule has 2 fully saturated rings. The lowest BCUT2D eigenvalue weighted by Crippen LogP contribution is -2.50. The van der Waals surface area contributed by atoms with Crippen LogP contribution in [0.3, 0.4) is 0 Å². The van der Waals surface area contributed by atoms with Crippen LogP contribution in [-0.4, -0.2) is 63.5 Å². The van der Waals surface area contributed by atoms with Crippen molar-refractivity contribution < 1.29 is 47.2 Å². The number of carbonyl (C=O) groups is 3. The van der Waals surface area contributed by atoms with Gasteiger partial charge in [-0.1, -0.05) is 60.7 Å². The highest BCUT2D eigenvalue weighted by Crippen LogP contribution is 2.40. The maximum absolute atomic E-state index is 13.1.